The maximum atomic E-state index is 5.00. The van der Waals surface area contributed by atoms with E-state index < -0.39 is 0 Å². The Hall–Kier alpha value is -8.41. The van der Waals surface area contributed by atoms with Gasteiger partial charge in [0.05, 0.1) is 27.8 Å². The third-order valence-corrected chi connectivity index (χ3v) is 12.0. The van der Waals surface area contributed by atoms with E-state index in [0.717, 1.165) is 44.6 Å². The van der Waals surface area contributed by atoms with Gasteiger partial charge in [0.15, 0.2) is 17.5 Å². The van der Waals surface area contributed by atoms with Crippen LogP contribution in [0.25, 0.3) is 111 Å². The zero-order valence-corrected chi connectivity index (χ0v) is 33.6. The van der Waals surface area contributed by atoms with Crippen LogP contribution in [0.4, 0.5) is 0 Å². The minimum absolute atomic E-state index is 0.630. The standard InChI is InChI=1S/C57H37N5/c1-5-17-38(18-6-1)43-31-34-52(47(35-43)39-19-7-2-8-20-39)62-51-28-16-14-26-46(51)49-36-48-45-25-13-15-27-50(45)61(53(48)37-54(49)62)44-32-29-42(30-33-44)57-59-55(40-21-9-3-10-22-40)58-56(60-57)41-23-11-4-12-24-41/h1-37H. The van der Waals surface area contributed by atoms with E-state index >= 15 is 0 Å². The molecule has 3 heterocycles. The molecule has 5 heteroatoms. The summed E-state index contributed by atoms with van der Waals surface area (Å²) in [5.41, 5.74) is 14.3. The molecule has 0 unspecified atom stereocenters. The quantitative estimate of drug-likeness (QED) is 0.162. The Morgan fingerprint density at radius 3 is 1.23 bits per heavy atom. The molecule has 0 saturated carbocycles. The van der Waals surface area contributed by atoms with Crippen LogP contribution in [-0.4, -0.2) is 24.1 Å². The zero-order valence-electron chi connectivity index (χ0n) is 33.6. The molecule has 0 atom stereocenters. The number of hydrogen-bond donors (Lipinski definition) is 0. The summed E-state index contributed by atoms with van der Waals surface area (Å²) in [5.74, 6) is 1.92. The molecule has 9 aromatic carbocycles. The lowest BCUT2D eigenvalue weighted by Gasteiger charge is -2.16. The molecule has 5 nitrogen and oxygen atoms in total. The fourth-order valence-corrected chi connectivity index (χ4v) is 9.06. The summed E-state index contributed by atoms with van der Waals surface area (Å²) >= 11 is 0. The molecule has 0 N–H and O–H groups in total. The lowest BCUT2D eigenvalue weighted by molar-refractivity contribution is 1.07. The molecule has 3 aromatic heterocycles. The lowest BCUT2D eigenvalue weighted by atomic mass is 9.97. The Balaban J connectivity index is 1.06. The minimum Gasteiger partial charge on any atom is -0.309 e. The largest absolute Gasteiger partial charge is 0.309 e. The monoisotopic (exact) mass is 791 g/mol. The molecule has 0 amide bonds. The molecule has 0 aliphatic heterocycles. The van der Waals surface area contributed by atoms with Crippen LogP contribution < -0.4 is 0 Å². The first kappa shape index (κ1) is 35.5. The van der Waals surface area contributed by atoms with Gasteiger partial charge in [0, 0.05) is 49.5 Å². The van der Waals surface area contributed by atoms with E-state index in [0.29, 0.717) is 17.5 Å². The summed E-state index contributed by atoms with van der Waals surface area (Å²) in [6, 6.07) is 79.5. The number of benzene rings is 9. The van der Waals surface area contributed by atoms with Gasteiger partial charge in [-0.3, -0.25) is 0 Å². The average molecular weight is 792 g/mol. The van der Waals surface area contributed by atoms with Crippen LogP contribution in [0.1, 0.15) is 0 Å². The summed E-state index contributed by atoms with van der Waals surface area (Å²) in [6.07, 6.45) is 0. The van der Waals surface area contributed by atoms with E-state index in [2.05, 4.69) is 173 Å². The van der Waals surface area contributed by atoms with Crippen LogP contribution in [0.2, 0.25) is 0 Å². The normalized spacial score (nSPS) is 11.5. The molecule has 12 aromatic rings. The summed E-state index contributed by atoms with van der Waals surface area (Å²) in [5, 5.41) is 4.86. The van der Waals surface area contributed by atoms with Crippen LogP contribution in [0.3, 0.4) is 0 Å². The van der Waals surface area contributed by atoms with Crippen molar-refractivity contribution >= 4 is 43.6 Å². The molecule has 0 radical (unpaired) electrons. The van der Waals surface area contributed by atoms with Crippen LogP contribution >= 0.6 is 0 Å². The molecular weight excluding hydrogens is 755 g/mol. The molecule has 0 bridgehead atoms. The van der Waals surface area contributed by atoms with E-state index in [9.17, 15) is 0 Å². The van der Waals surface area contributed by atoms with E-state index in [-0.39, 0.29) is 0 Å². The van der Waals surface area contributed by atoms with Gasteiger partial charge in [-0.2, -0.15) is 0 Å². The van der Waals surface area contributed by atoms with Crippen molar-refractivity contribution in [2.24, 2.45) is 0 Å². The average Bonchev–Trinajstić information content (AvgIpc) is 3.86. The second-order valence-corrected chi connectivity index (χ2v) is 15.6. The van der Waals surface area contributed by atoms with Crippen molar-refractivity contribution in [2.45, 2.75) is 0 Å². The predicted octanol–water partition coefficient (Wildman–Crippen LogP) is 14.4. The van der Waals surface area contributed by atoms with Crippen molar-refractivity contribution < 1.29 is 0 Å². The summed E-state index contributed by atoms with van der Waals surface area (Å²) in [4.78, 5) is 14.9. The Kier molecular flexibility index (Phi) is 8.42. The van der Waals surface area contributed by atoms with Crippen molar-refractivity contribution in [1.29, 1.82) is 0 Å². The van der Waals surface area contributed by atoms with Crippen LogP contribution in [0.15, 0.2) is 224 Å². The molecular formula is C57H37N5. The highest BCUT2D eigenvalue weighted by atomic mass is 15.0. The number of nitrogens with zero attached hydrogens (tertiary/aromatic N) is 5. The van der Waals surface area contributed by atoms with Crippen LogP contribution in [0.5, 0.6) is 0 Å². The number of hydrogen-bond acceptors (Lipinski definition) is 3. The zero-order chi connectivity index (χ0) is 41.0. The van der Waals surface area contributed by atoms with Gasteiger partial charge in [0.2, 0.25) is 0 Å². The lowest BCUT2D eigenvalue weighted by Crippen LogP contribution is -2.00. The molecule has 62 heavy (non-hydrogen) atoms. The highest BCUT2D eigenvalue weighted by Crippen LogP contribution is 2.42. The third-order valence-electron chi connectivity index (χ3n) is 12.0. The topological polar surface area (TPSA) is 48.5 Å². The smallest absolute Gasteiger partial charge is 0.164 e. The number of rotatable bonds is 7. The minimum atomic E-state index is 0.630. The summed E-state index contributed by atoms with van der Waals surface area (Å²) in [7, 11) is 0. The summed E-state index contributed by atoms with van der Waals surface area (Å²) in [6.45, 7) is 0. The van der Waals surface area contributed by atoms with E-state index in [1.165, 1.54) is 49.3 Å². The summed E-state index contributed by atoms with van der Waals surface area (Å²) < 4.78 is 4.85. The Morgan fingerprint density at radius 2 is 0.677 bits per heavy atom. The van der Waals surface area contributed by atoms with Gasteiger partial charge in [-0.1, -0.05) is 164 Å². The van der Waals surface area contributed by atoms with Gasteiger partial charge < -0.3 is 9.13 Å². The second-order valence-electron chi connectivity index (χ2n) is 15.6. The maximum absolute atomic E-state index is 5.00. The molecule has 0 spiro atoms. The molecule has 0 fully saturated rings. The van der Waals surface area contributed by atoms with Crippen molar-refractivity contribution in [3.05, 3.63) is 224 Å². The molecule has 0 saturated heterocycles. The van der Waals surface area contributed by atoms with Gasteiger partial charge in [-0.15, -0.1) is 0 Å². The second kappa shape index (κ2) is 14.7. The molecule has 0 aliphatic carbocycles. The van der Waals surface area contributed by atoms with E-state index in [1.807, 2.05) is 60.7 Å². The first-order valence-electron chi connectivity index (χ1n) is 20.9. The molecule has 0 aliphatic rings. The van der Waals surface area contributed by atoms with Gasteiger partial charge in [0.1, 0.15) is 0 Å². The fraction of sp³-hybridized carbons (Fsp3) is 0. The Morgan fingerprint density at radius 1 is 0.258 bits per heavy atom. The maximum Gasteiger partial charge on any atom is 0.164 e. The van der Waals surface area contributed by atoms with Gasteiger partial charge in [0.25, 0.3) is 0 Å². The van der Waals surface area contributed by atoms with E-state index in [4.69, 9.17) is 15.0 Å². The highest BCUT2D eigenvalue weighted by Gasteiger charge is 2.21. The fourth-order valence-electron chi connectivity index (χ4n) is 9.06. The van der Waals surface area contributed by atoms with Crippen molar-refractivity contribution in [1.82, 2.24) is 24.1 Å². The Bertz CT molecular complexity index is 3540. The van der Waals surface area contributed by atoms with Crippen LogP contribution in [-0.2, 0) is 0 Å². The first-order valence-corrected chi connectivity index (χ1v) is 20.9. The van der Waals surface area contributed by atoms with Crippen molar-refractivity contribution in [3.8, 4) is 67.8 Å². The molecule has 12 rings (SSSR count). The predicted molar refractivity (Wildman–Crippen MR) is 256 cm³/mol. The number of para-hydroxylation sites is 2. The Labute approximate surface area is 358 Å². The van der Waals surface area contributed by atoms with Gasteiger partial charge >= 0.3 is 0 Å². The van der Waals surface area contributed by atoms with Gasteiger partial charge in [-0.05, 0) is 77.4 Å². The molecule has 290 valence electrons. The highest BCUT2D eigenvalue weighted by molar-refractivity contribution is 6.19. The van der Waals surface area contributed by atoms with Crippen molar-refractivity contribution in [2.75, 3.05) is 0 Å². The van der Waals surface area contributed by atoms with Crippen LogP contribution in [0, 0.1) is 0 Å². The SMILES string of the molecule is c1ccc(-c2ccc(-n3c4ccccc4c4cc5c6ccccc6n(-c6ccc(-c7nc(-c8ccccc8)nc(-c8ccccc8)n7)cc6)c5cc43)c(-c3ccccc3)c2)cc1. The van der Waals surface area contributed by atoms with E-state index in [1.54, 1.807) is 0 Å². The third kappa shape index (κ3) is 5.98. The first-order chi connectivity index (χ1) is 30.7. The van der Waals surface area contributed by atoms with Gasteiger partial charge in [-0.25, -0.2) is 15.0 Å². The number of aromatic nitrogens is 5. The number of fused-ring (bicyclic) bond motifs is 6. The van der Waals surface area contributed by atoms with Crippen molar-refractivity contribution in [3.63, 3.8) is 0 Å².